The molecular formula is C9H9ClNO2. The van der Waals surface area contributed by atoms with Gasteiger partial charge < -0.3 is 10.5 Å². The van der Waals surface area contributed by atoms with Crippen molar-refractivity contribution in [3.8, 4) is 0 Å². The van der Waals surface area contributed by atoms with Gasteiger partial charge in [-0.05, 0) is 13.0 Å². The molecule has 0 saturated carbocycles. The largest absolute Gasteiger partial charge is 0.441 e. The molecule has 3 nitrogen and oxygen atoms in total. The molecule has 1 amide bonds. The van der Waals surface area contributed by atoms with Crippen molar-refractivity contribution in [2.45, 2.75) is 6.10 Å². The minimum absolute atomic E-state index is 0.503. The van der Waals surface area contributed by atoms with E-state index in [0.717, 1.165) is 0 Å². The Morgan fingerprint density at radius 1 is 1.54 bits per heavy atom. The number of hydrogen-bond acceptors (Lipinski definition) is 2. The molecule has 2 N–H and O–H groups in total. The van der Waals surface area contributed by atoms with Gasteiger partial charge >= 0.3 is 6.09 Å². The molecule has 1 aromatic carbocycles. The average Bonchev–Trinajstić information content (AvgIpc) is 2.03. The molecule has 0 fully saturated rings. The zero-order chi connectivity index (χ0) is 9.84. The summed E-state index contributed by atoms with van der Waals surface area (Å²) in [4.78, 5) is 10.4. The van der Waals surface area contributed by atoms with Crippen molar-refractivity contribution in [1.82, 2.24) is 0 Å². The van der Waals surface area contributed by atoms with Gasteiger partial charge in [0.1, 0.15) is 6.10 Å². The highest BCUT2D eigenvalue weighted by atomic mass is 35.5. The lowest BCUT2D eigenvalue weighted by molar-refractivity contribution is 0.129. The maximum absolute atomic E-state index is 10.4. The lowest BCUT2D eigenvalue weighted by atomic mass is 10.1. The predicted octanol–water partition coefficient (Wildman–Crippen LogP) is 2.31. The Balaban J connectivity index is 2.82. The van der Waals surface area contributed by atoms with Crippen LogP contribution in [0.1, 0.15) is 11.7 Å². The molecule has 1 rings (SSSR count). The smallest absolute Gasteiger partial charge is 0.405 e. The monoisotopic (exact) mass is 198 g/mol. The van der Waals surface area contributed by atoms with Gasteiger partial charge in [0, 0.05) is 10.6 Å². The number of rotatable bonds is 2. The van der Waals surface area contributed by atoms with Gasteiger partial charge in [-0.15, -0.1) is 0 Å². The van der Waals surface area contributed by atoms with Crippen molar-refractivity contribution in [2.24, 2.45) is 5.73 Å². The second-order valence-corrected chi connectivity index (χ2v) is 2.85. The summed E-state index contributed by atoms with van der Waals surface area (Å²) in [6.45, 7) is 3.60. The first-order valence-electron chi connectivity index (χ1n) is 3.65. The van der Waals surface area contributed by atoms with Gasteiger partial charge in [0.25, 0.3) is 0 Å². The van der Waals surface area contributed by atoms with Crippen LogP contribution >= 0.6 is 11.6 Å². The molecule has 0 aromatic heterocycles. The minimum Gasteiger partial charge on any atom is -0.441 e. The van der Waals surface area contributed by atoms with E-state index >= 15 is 0 Å². The number of primary amides is 1. The zero-order valence-corrected chi connectivity index (χ0v) is 7.62. The third kappa shape index (κ3) is 2.63. The highest BCUT2D eigenvalue weighted by molar-refractivity contribution is 6.31. The first kappa shape index (κ1) is 9.86. The number of nitrogens with two attached hydrogens (primary N) is 1. The van der Waals surface area contributed by atoms with Gasteiger partial charge in [-0.3, -0.25) is 0 Å². The molecule has 0 aliphatic heterocycles. The Bertz CT molecular complexity index is 314. The van der Waals surface area contributed by atoms with Gasteiger partial charge in [0.15, 0.2) is 0 Å². The number of carbonyl (C=O) groups excluding carboxylic acids is 1. The van der Waals surface area contributed by atoms with Crippen molar-refractivity contribution < 1.29 is 9.53 Å². The first-order chi connectivity index (χ1) is 6.11. The van der Waals surface area contributed by atoms with Crippen LogP contribution in [0.25, 0.3) is 0 Å². The first-order valence-corrected chi connectivity index (χ1v) is 4.02. The second kappa shape index (κ2) is 4.14. The number of ether oxygens (including phenoxy) is 1. The molecule has 0 unspecified atom stereocenters. The van der Waals surface area contributed by atoms with E-state index in [1.165, 1.54) is 0 Å². The van der Waals surface area contributed by atoms with Gasteiger partial charge in [-0.25, -0.2) is 4.79 Å². The van der Waals surface area contributed by atoms with E-state index in [0.29, 0.717) is 10.6 Å². The summed E-state index contributed by atoms with van der Waals surface area (Å²) in [5.74, 6) is 0. The molecule has 0 saturated heterocycles. The number of benzene rings is 1. The fourth-order valence-corrected chi connectivity index (χ4v) is 1.20. The molecule has 4 heteroatoms. The van der Waals surface area contributed by atoms with E-state index in [-0.39, 0.29) is 0 Å². The Morgan fingerprint density at radius 3 is 2.69 bits per heavy atom. The zero-order valence-electron chi connectivity index (χ0n) is 6.87. The van der Waals surface area contributed by atoms with Crippen LogP contribution in [-0.2, 0) is 4.74 Å². The highest BCUT2D eigenvalue weighted by Crippen LogP contribution is 2.24. The van der Waals surface area contributed by atoms with Crippen LogP contribution < -0.4 is 5.73 Å². The average molecular weight is 199 g/mol. The van der Waals surface area contributed by atoms with Crippen molar-refractivity contribution in [2.75, 3.05) is 0 Å². The quantitative estimate of drug-likeness (QED) is 0.793. The normalized spacial score (nSPS) is 12.2. The Hall–Kier alpha value is -1.22. The summed E-state index contributed by atoms with van der Waals surface area (Å²) in [5.41, 5.74) is 5.48. The highest BCUT2D eigenvalue weighted by Gasteiger charge is 2.11. The number of carbonyl (C=O) groups is 1. The molecule has 0 aliphatic carbocycles. The molecule has 0 bridgehead atoms. The molecule has 0 aliphatic rings. The van der Waals surface area contributed by atoms with E-state index < -0.39 is 12.2 Å². The summed E-state index contributed by atoms with van der Waals surface area (Å²) < 4.78 is 4.66. The topological polar surface area (TPSA) is 52.3 Å². The van der Waals surface area contributed by atoms with Gasteiger partial charge in [-0.2, -0.15) is 0 Å². The summed E-state index contributed by atoms with van der Waals surface area (Å²) in [6, 6.07) is 6.98. The fourth-order valence-electron chi connectivity index (χ4n) is 0.940. The Kier molecular flexibility index (Phi) is 3.14. The molecule has 0 heterocycles. The maximum Gasteiger partial charge on any atom is 0.405 e. The van der Waals surface area contributed by atoms with Crippen LogP contribution in [0.5, 0.6) is 0 Å². The van der Waals surface area contributed by atoms with Gasteiger partial charge in [0.05, 0.1) is 0 Å². The second-order valence-electron chi connectivity index (χ2n) is 2.45. The van der Waals surface area contributed by atoms with E-state index in [1.807, 2.05) is 0 Å². The van der Waals surface area contributed by atoms with Crippen LogP contribution in [0, 0.1) is 6.92 Å². The van der Waals surface area contributed by atoms with E-state index in [9.17, 15) is 4.79 Å². The van der Waals surface area contributed by atoms with Crippen molar-refractivity contribution in [3.63, 3.8) is 0 Å². The standard InChI is InChI=1S/C9H9ClNO2/c1-6(13-9(11)12)7-4-2-3-5-8(7)10/h2-6H,1H2,(H2,11,12)/t6-/m0/s1. The lowest BCUT2D eigenvalue weighted by Crippen LogP contribution is -2.15. The molecule has 0 spiro atoms. The molecule has 13 heavy (non-hydrogen) atoms. The summed E-state index contributed by atoms with van der Waals surface area (Å²) in [5, 5.41) is 0.503. The van der Waals surface area contributed by atoms with Crippen LogP contribution in [0.4, 0.5) is 4.79 Å². The summed E-state index contributed by atoms with van der Waals surface area (Å²) in [6.07, 6.45) is -1.52. The van der Waals surface area contributed by atoms with Crippen LogP contribution in [-0.4, -0.2) is 6.09 Å². The molecular weight excluding hydrogens is 190 g/mol. The van der Waals surface area contributed by atoms with Crippen LogP contribution in [0.15, 0.2) is 24.3 Å². The van der Waals surface area contributed by atoms with Crippen LogP contribution in [0.2, 0.25) is 5.02 Å². The van der Waals surface area contributed by atoms with Crippen molar-refractivity contribution >= 4 is 17.7 Å². The third-order valence-electron chi connectivity index (χ3n) is 1.51. The molecule has 1 atom stereocenters. The van der Waals surface area contributed by atoms with Crippen LogP contribution in [0.3, 0.4) is 0 Å². The minimum atomic E-state index is -0.861. The number of hydrogen-bond donors (Lipinski definition) is 1. The summed E-state index contributed by atoms with van der Waals surface area (Å²) >= 11 is 5.83. The molecule has 69 valence electrons. The fraction of sp³-hybridized carbons (Fsp3) is 0.111. The third-order valence-corrected chi connectivity index (χ3v) is 1.85. The number of amides is 1. The lowest BCUT2D eigenvalue weighted by Gasteiger charge is -2.12. The Labute approximate surface area is 81.4 Å². The predicted molar refractivity (Wildman–Crippen MR) is 50.2 cm³/mol. The summed E-state index contributed by atoms with van der Waals surface area (Å²) in [7, 11) is 0. The van der Waals surface area contributed by atoms with Crippen molar-refractivity contribution in [1.29, 1.82) is 0 Å². The van der Waals surface area contributed by atoms with Gasteiger partial charge in [-0.1, -0.05) is 29.8 Å². The van der Waals surface area contributed by atoms with E-state index in [4.69, 9.17) is 17.3 Å². The SMILES string of the molecule is [CH2][C@H](OC(N)=O)c1ccccc1Cl. The van der Waals surface area contributed by atoms with E-state index in [1.54, 1.807) is 24.3 Å². The van der Waals surface area contributed by atoms with Gasteiger partial charge in [0.2, 0.25) is 0 Å². The number of halogens is 1. The maximum atomic E-state index is 10.4. The Morgan fingerprint density at radius 2 is 2.15 bits per heavy atom. The molecule has 1 aromatic rings. The van der Waals surface area contributed by atoms with Crippen molar-refractivity contribution in [3.05, 3.63) is 41.8 Å². The van der Waals surface area contributed by atoms with E-state index in [2.05, 4.69) is 11.7 Å². The molecule has 1 radical (unpaired) electrons.